The Morgan fingerprint density at radius 3 is 2.66 bits per heavy atom. The van der Waals surface area contributed by atoms with Gasteiger partial charge in [-0.1, -0.05) is 11.3 Å². The van der Waals surface area contributed by atoms with Crippen LogP contribution in [0.4, 0.5) is 14.6 Å². The fourth-order valence-electron chi connectivity index (χ4n) is 3.18. The number of hydrogen-bond donors (Lipinski definition) is 1. The number of hydrogen-bond acceptors (Lipinski definition) is 8. The predicted molar refractivity (Wildman–Crippen MR) is 112 cm³/mol. The number of rotatable bonds is 6. The smallest absolute Gasteiger partial charge is 0.314 e. The fourth-order valence-corrected chi connectivity index (χ4v) is 3.18. The predicted octanol–water partition coefficient (Wildman–Crippen LogP) is 3.97. The topological polar surface area (TPSA) is 107 Å². The summed E-state index contributed by atoms with van der Waals surface area (Å²) in [5.41, 5.74) is 3.71. The Labute approximate surface area is 180 Å². The summed E-state index contributed by atoms with van der Waals surface area (Å²) in [6.07, 6.45) is 0.514. The number of fused-ring (bicyclic) bond motifs is 1. The first-order valence-corrected chi connectivity index (χ1v) is 9.65. The van der Waals surface area contributed by atoms with Gasteiger partial charge in [-0.15, -0.1) is 15.3 Å². The number of aromatic nitrogens is 7. The van der Waals surface area contributed by atoms with E-state index in [4.69, 9.17) is 4.42 Å². The standard InChI is InChI=1S/C21H16F2N8O/c1-24-18-7-4-12-8-13(3-6-16(12)26-18)17-11-31(30-27-17)10-15-5-2-14(9-25-15)20-28-29-21(32-20)19(22)23/h2-9,11,19H,10H2,1H3,(H,24,26). The van der Waals surface area contributed by atoms with Crippen LogP contribution in [0.25, 0.3) is 33.6 Å². The van der Waals surface area contributed by atoms with E-state index in [0.29, 0.717) is 17.8 Å². The Morgan fingerprint density at radius 1 is 1.03 bits per heavy atom. The molecular weight excluding hydrogens is 418 g/mol. The largest absolute Gasteiger partial charge is 0.415 e. The lowest BCUT2D eigenvalue weighted by Crippen LogP contribution is -2.02. The lowest BCUT2D eigenvalue weighted by atomic mass is 10.1. The van der Waals surface area contributed by atoms with E-state index in [-0.39, 0.29) is 5.89 Å². The van der Waals surface area contributed by atoms with E-state index >= 15 is 0 Å². The second-order valence-electron chi connectivity index (χ2n) is 6.94. The second kappa shape index (κ2) is 8.10. The molecule has 4 aromatic heterocycles. The molecule has 0 bridgehead atoms. The van der Waals surface area contributed by atoms with E-state index in [2.05, 4.69) is 35.8 Å². The molecule has 0 amide bonds. The zero-order valence-corrected chi connectivity index (χ0v) is 16.8. The quantitative estimate of drug-likeness (QED) is 0.428. The first-order valence-electron chi connectivity index (χ1n) is 9.65. The summed E-state index contributed by atoms with van der Waals surface area (Å²) in [5, 5.41) is 19.4. The van der Waals surface area contributed by atoms with Crippen molar-refractivity contribution in [1.82, 2.24) is 35.2 Å². The van der Waals surface area contributed by atoms with Gasteiger partial charge in [-0.25, -0.2) is 9.67 Å². The van der Waals surface area contributed by atoms with E-state index in [9.17, 15) is 8.78 Å². The number of nitrogens with zero attached hydrogens (tertiary/aromatic N) is 7. The summed E-state index contributed by atoms with van der Waals surface area (Å²) in [7, 11) is 1.83. The van der Waals surface area contributed by atoms with Crippen LogP contribution >= 0.6 is 0 Å². The monoisotopic (exact) mass is 434 g/mol. The molecule has 0 fully saturated rings. The van der Waals surface area contributed by atoms with E-state index < -0.39 is 12.3 Å². The van der Waals surface area contributed by atoms with Gasteiger partial charge >= 0.3 is 6.43 Å². The minimum Gasteiger partial charge on any atom is -0.415 e. The molecule has 0 radical (unpaired) electrons. The third kappa shape index (κ3) is 3.87. The van der Waals surface area contributed by atoms with Crippen molar-refractivity contribution in [2.75, 3.05) is 12.4 Å². The molecule has 0 spiro atoms. The van der Waals surface area contributed by atoms with E-state index in [1.165, 1.54) is 6.20 Å². The molecule has 1 N–H and O–H groups in total. The minimum atomic E-state index is -2.81. The summed E-state index contributed by atoms with van der Waals surface area (Å²) in [6.45, 7) is 0.389. The van der Waals surface area contributed by atoms with Crippen LogP contribution in [0, 0.1) is 0 Å². The van der Waals surface area contributed by atoms with Crippen molar-refractivity contribution in [3.63, 3.8) is 0 Å². The summed E-state index contributed by atoms with van der Waals surface area (Å²) < 4.78 is 31.8. The average molecular weight is 434 g/mol. The summed E-state index contributed by atoms with van der Waals surface area (Å²) in [5.74, 6) is 0.0875. The van der Waals surface area contributed by atoms with E-state index in [0.717, 1.165) is 28.0 Å². The summed E-state index contributed by atoms with van der Waals surface area (Å²) >= 11 is 0. The maximum Gasteiger partial charge on any atom is 0.314 e. The van der Waals surface area contributed by atoms with Gasteiger partial charge in [0.1, 0.15) is 11.5 Å². The molecule has 9 nitrogen and oxygen atoms in total. The van der Waals surface area contributed by atoms with Crippen LogP contribution in [0.5, 0.6) is 0 Å². The number of anilines is 1. The number of pyridine rings is 2. The van der Waals surface area contributed by atoms with Gasteiger partial charge in [0.2, 0.25) is 5.89 Å². The van der Waals surface area contributed by atoms with Crippen molar-refractivity contribution in [3.8, 4) is 22.7 Å². The average Bonchev–Trinajstić information content (AvgIpc) is 3.49. The van der Waals surface area contributed by atoms with Crippen molar-refractivity contribution < 1.29 is 13.2 Å². The summed E-state index contributed by atoms with van der Waals surface area (Å²) in [6, 6.07) is 13.3. The highest BCUT2D eigenvalue weighted by atomic mass is 19.3. The van der Waals surface area contributed by atoms with Crippen LogP contribution in [0.2, 0.25) is 0 Å². The molecule has 1 aromatic carbocycles. The Hall–Kier alpha value is -4.28. The molecule has 0 atom stereocenters. The molecule has 0 unspecified atom stereocenters. The fraction of sp³-hybridized carbons (Fsp3) is 0.143. The molecule has 5 rings (SSSR count). The Bertz CT molecular complexity index is 1380. The van der Waals surface area contributed by atoms with Gasteiger partial charge in [0.25, 0.3) is 5.89 Å². The SMILES string of the molecule is CNc1ccc2cc(-c3cn(Cc4ccc(-c5nnc(C(F)F)o5)cn4)nn3)ccc2n1. The van der Waals surface area contributed by atoms with Gasteiger partial charge < -0.3 is 9.73 Å². The van der Waals surface area contributed by atoms with Crippen molar-refractivity contribution in [1.29, 1.82) is 0 Å². The first kappa shape index (κ1) is 19.7. The highest BCUT2D eigenvalue weighted by Crippen LogP contribution is 2.24. The van der Waals surface area contributed by atoms with E-state index in [1.807, 2.05) is 43.6 Å². The Morgan fingerprint density at radius 2 is 1.91 bits per heavy atom. The number of nitrogens with one attached hydrogen (secondary N) is 1. The van der Waals surface area contributed by atoms with Crippen LogP contribution < -0.4 is 5.32 Å². The summed E-state index contributed by atoms with van der Waals surface area (Å²) in [4.78, 5) is 8.84. The molecule has 0 aliphatic rings. The molecule has 11 heteroatoms. The third-order valence-corrected chi connectivity index (χ3v) is 4.80. The number of benzene rings is 1. The normalized spacial score (nSPS) is 11.4. The lowest BCUT2D eigenvalue weighted by Gasteiger charge is -2.03. The molecular formula is C21H16F2N8O. The molecule has 4 heterocycles. The van der Waals surface area contributed by atoms with Gasteiger partial charge in [-0.3, -0.25) is 4.98 Å². The van der Waals surface area contributed by atoms with Crippen LogP contribution in [-0.2, 0) is 6.54 Å². The second-order valence-corrected chi connectivity index (χ2v) is 6.94. The third-order valence-electron chi connectivity index (χ3n) is 4.80. The van der Waals surface area contributed by atoms with Crippen LogP contribution in [0.15, 0.2) is 59.3 Å². The van der Waals surface area contributed by atoms with E-state index in [1.54, 1.807) is 16.8 Å². The van der Waals surface area contributed by atoms with Crippen LogP contribution in [0.1, 0.15) is 18.0 Å². The molecule has 0 saturated heterocycles. The first-order chi connectivity index (χ1) is 15.6. The minimum absolute atomic E-state index is 0.00461. The van der Waals surface area contributed by atoms with Gasteiger partial charge in [-0.05, 0) is 36.4 Å². The van der Waals surface area contributed by atoms with Crippen LogP contribution in [0.3, 0.4) is 0 Å². The molecule has 32 heavy (non-hydrogen) atoms. The van der Waals surface area contributed by atoms with Crippen molar-refractivity contribution in [2.24, 2.45) is 0 Å². The Balaban J connectivity index is 1.32. The van der Waals surface area contributed by atoms with Crippen molar-refractivity contribution in [3.05, 3.63) is 66.4 Å². The van der Waals surface area contributed by atoms with Crippen LogP contribution in [-0.4, -0.2) is 42.2 Å². The van der Waals surface area contributed by atoms with Gasteiger partial charge in [-0.2, -0.15) is 8.78 Å². The maximum absolute atomic E-state index is 12.6. The molecule has 0 aliphatic carbocycles. The Kier molecular flexibility index (Phi) is 4.98. The van der Waals surface area contributed by atoms with Crippen molar-refractivity contribution in [2.45, 2.75) is 13.0 Å². The highest BCUT2D eigenvalue weighted by Gasteiger charge is 2.17. The van der Waals surface area contributed by atoms with Crippen molar-refractivity contribution >= 4 is 16.7 Å². The lowest BCUT2D eigenvalue weighted by molar-refractivity contribution is 0.116. The van der Waals surface area contributed by atoms with Gasteiger partial charge in [0.15, 0.2) is 0 Å². The number of halogens is 2. The maximum atomic E-state index is 12.6. The zero-order chi connectivity index (χ0) is 22.1. The highest BCUT2D eigenvalue weighted by molar-refractivity contribution is 5.84. The molecule has 160 valence electrons. The zero-order valence-electron chi connectivity index (χ0n) is 16.8. The number of alkyl halides is 2. The molecule has 5 aromatic rings. The van der Waals surface area contributed by atoms with Gasteiger partial charge in [0, 0.05) is 24.2 Å². The van der Waals surface area contributed by atoms with Gasteiger partial charge in [0.05, 0.1) is 29.5 Å². The molecule has 0 aliphatic heterocycles. The molecule has 0 saturated carbocycles.